The van der Waals surface area contributed by atoms with Crippen LogP contribution in [0.15, 0.2) is 76.6 Å². The Bertz CT molecular complexity index is 1160. The summed E-state index contributed by atoms with van der Waals surface area (Å²) < 4.78 is 32.1. The number of aliphatic imine (C=N–C) groups is 1. The SMILES string of the molecule is CCOc1cc(/C=C(\C=O)S/C(=N/c2ccc(F)cc2)N(C)c2ccc(F)cc2)ccc1O. The van der Waals surface area contributed by atoms with E-state index in [1.54, 1.807) is 49.2 Å². The van der Waals surface area contributed by atoms with Crippen LogP contribution < -0.4 is 9.64 Å². The molecule has 0 heterocycles. The van der Waals surface area contributed by atoms with Crippen LogP contribution in [0.4, 0.5) is 20.2 Å². The third-order valence-corrected chi connectivity index (χ3v) is 5.47. The Hall–Kier alpha value is -3.65. The van der Waals surface area contributed by atoms with E-state index in [2.05, 4.69) is 4.99 Å². The lowest BCUT2D eigenvalue weighted by atomic mass is 10.2. The summed E-state index contributed by atoms with van der Waals surface area (Å²) in [6.45, 7) is 2.19. The van der Waals surface area contributed by atoms with Crippen LogP contribution in [0.3, 0.4) is 0 Å². The van der Waals surface area contributed by atoms with E-state index in [-0.39, 0.29) is 17.4 Å². The molecule has 0 saturated carbocycles. The van der Waals surface area contributed by atoms with Gasteiger partial charge in [0.05, 0.1) is 17.2 Å². The van der Waals surface area contributed by atoms with Gasteiger partial charge in [0.15, 0.2) is 23.0 Å². The molecule has 0 aliphatic carbocycles. The van der Waals surface area contributed by atoms with E-state index in [0.29, 0.717) is 45.7 Å². The molecule has 0 unspecified atom stereocenters. The second-order valence-corrected chi connectivity index (χ2v) is 7.87. The molecule has 0 radical (unpaired) electrons. The zero-order chi connectivity index (χ0) is 23.8. The number of nitrogens with zero attached hydrogens (tertiary/aromatic N) is 2. The maximum absolute atomic E-state index is 13.4. The molecule has 0 bridgehead atoms. The third kappa shape index (κ3) is 6.66. The number of aldehydes is 1. The molecular formula is C25H22F2N2O3S. The maximum atomic E-state index is 13.4. The van der Waals surface area contributed by atoms with Gasteiger partial charge in [-0.05, 0) is 91.0 Å². The lowest BCUT2D eigenvalue weighted by Gasteiger charge is -2.21. The minimum absolute atomic E-state index is 0.00362. The molecule has 3 rings (SSSR count). The van der Waals surface area contributed by atoms with Crippen LogP contribution in [-0.2, 0) is 4.79 Å². The Kier molecular flexibility index (Phi) is 8.21. The monoisotopic (exact) mass is 468 g/mol. The van der Waals surface area contributed by atoms with Crippen molar-refractivity contribution in [2.45, 2.75) is 6.92 Å². The average Bonchev–Trinajstić information content (AvgIpc) is 2.81. The van der Waals surface area contributed by atoms with Crippen LogP contribution in [0, 0.1) is 11.6 Å². The first-order chi connectivity index (χ1) is 15.9. The van der Waals surface area contributed by atoms with Crippen LogP contribution in [-0.4, -0.2) is 30.2 Å². The number of anilines is 1. The number of ether oxygens (including phenoxy) is 1. The van der Waals surface area contributed by atoms with E-state index in [1.165, 1.54) is 42.5 Å². The molecule has 0 aromatic heterocycles. The average molecular weight is 469 g/mol. The Morgan fingerprint density at radius 1 is 1.06 bits per heavy atom. The number of phenols is 1. The number of amidine groups is 1. The molecule has 3 aromatic carbocycles. The molecule has 0 aliphatic rings. The number of hydrogen-bond acceptors (Lipinski definition) is 5. The fourth-order valence-electron chi connectivity index (χ4n) is 2.82. The van der Waals surface area contributed by atoms with Gasteiger partial charge in [0, 0.05) is 12.7 Å². The second kappa shape index (κ2) is 11.3. The van der Waals surface area contributed by atoms with Gasteiger partial charge in [-0.1, -0.05) is 6.07 Å². The van der Waals surface area contributed by atoms with Crippen LogP contribution in [0.5, 0.6) is 11.5 Å². The number of allylic oxidation sites excluding steroid dienone is 1. The highest BCUT2D eigenvalue weighted by Gasteiger charge is 2.14. The van der Waals surface area contributed by atoms with Gasteiger partial charge in [0.2, 0.25) is 0 Å². The number of halogens is 2. The zero-order valence-electron chi connectivity index (χ0n) is 18.0. The van der Waals surface area contributed by atoms with Gasteiger partial charge in [-0.3, -0.25) is 4.79 Å². The topological polar surface area (TPSA) is 62.1 Å². The van der Waals surface area contributed by atoms with E-state index in [1.807, 2.05) is 0 Å². The van der Waals surface area contributed by atoms with Crippen LogP contribution in [0.2, 0.25) is 0 Å². The summed E-state index contributed by atoms with van der Waals surface area (Å²) in [6, 6.07) is 16.2. The van der Waals surface area contributed by atoms with Gasteiger partial charge in [0.25, 0.3) is 0 Å². The first-order valence-electron chi connectivity index (χ1n) is 10.0. The van der Waals surface area contributed by atoms with Crippen molar-refractivity contribution in [1.82, 2.24) is 0 Å². The van der Waals surface area contributed by atoms with Crippen LogP contribution in [0.1, 0.15) is 12.5 Å². The standard InChI is InChI=1S/C25H22F2N2O3S/c1-3-32-24-15-17(4-13-23(24)31)14-22(16-30)33-25(28-20-9-5-18(26)6-10-20)29(2)21-11-7-19(27)8-12-21/h4-16,31H,3H2,1-2H3/b22-14+,28-25+. The number of aromatic hydroxyl groups is 1. The first-order valence-corrected chi connectivity index (χ1v) is 10.9. The quantitative estimate of drug-likeness (QED) is 0.195. The van der Waals surface area contributed by atoms with Crippen molar-refractivity contribution >= 4 is 40.7 Å². The molecular weight excluding hydrogens is 446 g/mol. The minimum Gasteiger partial charge on any atom is -0.504 e. The normalized spacial score (nSPS) is 11.9. The van der Waals surface area contributed by atoms with Crippen molar-refractivity contribution in [2.24, 2.45) is 4.99 Å². The Morgan fingerprint density at radius 2 is 1.70 bits per heavy atom. The van der Waals surface area contributed by atoms with Crippen molar-refractivity contribution in [2.75, 3.05) is 18.6 Å². The molecule has 0 saturated heterocycles. The lowest BCUT2D eigenvalue weighted by molar-refractivity contribution is -0.104. The van der Waals surface area contributed by atoms with Crippen molar-refractivity contribution in [1.29, 1.82) is 0 Å². The summed E-state index contributed by atoms with van der Waals surface area (Å²) in [6.07, 6.45) is 2.33. The zero-order valence-corrected chi connectivity index (χ0v) is 18.9. The molecule has 0 spiro atoms. The minimum atomic E-state index is -0.388. The number of thioether (sulfide) groups is 1. The molecule has 170 valence electrons. The number of hydrogen-bond donors (Lipinski definition) is 1. The molecule has 8 heteroatoms. The Labute approximate surface area is 195 Å². The van der Waals surface area contributed by atoms with E-state index in [0.717, 1.165) is 11.8 Å². The van der Waals surface area contributed by atoms with Crippen molar-refractivity contribution in [3.8, 4) is 11.5 Å². The first kappa shape index (κ1) is 24.0. The van der Waals surface area contributed by atoms with Crippen molar-refractivity contribution in [3.05, 3.63) is 88.8 Å². The molecule has 33 heavy (non-hydrogen) atoms. The fourth-order valence-corrected chi connectivity index (χ4v) is 3.66. The largest absolute Gasteiger partial charge is 0.504 e. The smallest absolute Gasteiger partial charge is 0.173 e. The van der Waals surface area contributed by atoms with Crippen molar-refractivity contribution in [3.63, 3.8) is 0 Å². The predicted molar refractivity (Wildman–Crippen MR) is 129 cm³/mol. The van der Waals surface area contributed by atoms with Crippen molar-refractivity contribution < 1.29 is 23.4 Å². The molecule has 0 atom stereocenters. The number of rotatable bonds is 7. The molecule has 5 nitrogen and oxygen atoms in total. The van der Waals surface area contributed by atoms with Gasteiger partial charge in [-0.15, -0.1) is 0 Å². The van der Waals surface area contributed by atoms with E-state index in [4.69, 9.17) is 4.74 Å². The summed E-state index contributed by atoms with van der Waals surface area (Å²) in [5.41, 5.74) is 1.79. The third-order valence-electron chi connectivity index (χ3n) is 4.47. The summed E-state index contributed by atoms with van der Waals surface area (Å²) >= 11 is 1.09. The molecule has 1 N–H and O–H groups in total. The highest BCUT2D eigenvalue weighted by molar-refractivity contribution is 8.18. The number of carbonyl (C=O) groups excluding carboxylic acids is 1. The van der Waals surface area contributed by atoms with E-state index in [9.17, 15) is 18.7 Å². The molecule has 0 amide bonds. The Balaban J connectivity index is 1.97. The number of benzene rings is 3. The summed E-state index contributed by atoms with van der Waals surface area (Å²) in [5, 5.41) is 10.3. The van der Waals surface area contributed by atoms with Gasteiger partial charge in [0.1, 0.15) is 11.6 Å². The summed E-state index contributed by atoms with van der Waals surface area (Å²) in [5.74, 6) is -0.447. The lowest BCUT2D eigenvalue weighted by Crippen LogP contribution is -2.23. The number of carbonyl (C=O) groups is 1. The predicted octanol–water partition coefficient (Wildman–Crippen LogP) is 6.17. The van der Waals surface area contributed by atoms with Gasteiger partial charge >= 0.3 is 0 Å². The van der Waals surface area contributed by atoms with E-state index < -0.39 is 0 Å². The van der Waals surface area contributed by atoms with Gasteiger partial charge < -0.3 is 14.7 Å². The summed E-state index contributed by atoms with van der Waals surface area (Å²) in [4.78, 5) is 18.5. The van der Waals surface area contributed by atoms with Gasteiger partial charge in [-0.2, -0.15) is 0 Å². The number of phenolic OH excluding ortho intramolecular Hbond substituents is 1. The Morgan fingerprint density at radius 3 is 2.30 bits per heavy atom. The van der Waals surface area contributed by atoms with Crippen LogP contribution >= 0.6 is 11.8 Å². The maximum Gasteiger partial charge on any atom is 0.173 e. The van der Waals surface area contributed by atoms with Crippen LogP contribution in [0.25, 0.3) is 6.08 Å². The molecule has 3 aromatic rings. The van der Waals surface area contributed by atoms with Gasteiger partial charge in [-0.25, -0.2) is 13.8 Å². The fraction of sp³-hybridized carbons (Fsp3) is 0.120. The van der Waals surface area contributed by atoms with E-state index >= 15 is 0 Å². The highest BCUT2D eigenvalue weighted by atomic mass is 32.2. The molecule has 0 fully saturated rings. The summed E-state index contributed by atoms with van der Waals surface area (Å²) in [7, 11) is 1.73. The highest BCUT2D eigenvalue weighted by Crippen LogP contribution is 2.31. The second-order valence-electron chi connectivity index (χ2n) is 6.83. The molecule has 0 aliphatic heterocycles.